The first-order chi connectivity index (χ1) is 25.4. The minimum atomic E-state index is -5.49. The van der Waals surface area contributed by atoms with Gasteiger partial charge in [-0.25, -0.2) is 13.3 Å². The van der Waals surface area contributed by atoms with Crippen LogP contribution < -0.4 is 21.1 Å². The Bertz CT molecular complexity index is 1480. The molecule has 5 atom stereocenters. The van der Waals surface area contributed by atoms with Crippen LogP contribution in [-0.4, -0.2) is 168 Å². The Labute approximate surface area is 325 Å². The number of aromatic amines is 1. The second-order valence-corrected chi connectivity index (χ2v) is 16.5. The molecule has 1 saturated heterocycles. The molecule has 0 aromatic carbocycles. The number of nitrogens with zero attached hydrogens (tertiary/aromatic N) is 6. The summed E-state index contributed by atoms with van der Waals surface area (Å²) >= 11 is 0. The van der Waals surface area contributed by atoms with Gasteiger partial charge < -0.3 is 59.9 Å². The molecular weight excluding hydrogens is 790 g/mol. The Morgan fingerprint density at radius 1 is 0.909 bits per heavy atom. The number of fused-ring (bicyclic) bond motifs is 1. The summed E-state index contributed by atoms with van der Waals surface area (Å²) in [5, 5.41) is 21.6. The quantitative estimate of drug-likeness (QED) is 0.0641. The average molecular weight is 857 g/mol. The van der Waals surface area contributed by atoms with Gasteiger partial charge in [-0.3, -0.25) is 14.3 Å². The molecule has 3 heterocycles. The number of anilines is 3. The fourth-order valence-electron chi connectivity index (χ4n) is 5.40. The highest BCUT2D eigenvalue weighted by molar-refractivity contribution is 7.86. The van der Waals surface area contributed by atoms with E-state index in [1.165, 1.54) is 70.9 Å². The predicted molar refractivity (Wildman–Crippen MR) is 210 cm³/mol. The van der Waals surface area contributed by atoms with Gasteiger partial charge in [-0.05, 0) is 58.9 Å². The number of nitrogens with two attached hydrogens (primary N) is 1. The van der Waals surface area contributed by atoms with E-state index in [2.05, 4.69) is 100.0 Å². The monoisotopic (exact) mass is 856 g/mol. The van der Waals surface area contributed by atoms with Crippen LogP contribution in [0.2, 0.25) is 0 Å². The summed E-state index contributed by atoms with van der Waals surface area (Å²) < 4.78 is 64.1. The molecule has 22 nitrogen and oxygen atoms in total. The number of aromatic nitrogens is 2. The zero-order valence-electron chi connectivity index (χ0n) is 34.0. The van der Waals surface area contributed by atoms with Gasteiger partial charge in [0.15, 0.2) is 18.1 Å². The van der Waals surface area contributed by atoms with E-state index in [4.69, 9.17) is 20.3 Å². The number of H-pyrrole nitrogens is 1. The van der Waals surface area contributed by atoms with Crippen molar-refractivity contribution in [3.05, 3.63) is 10.4 Å². The van der Waals surface area contributed by atoms with Crippen LogP contribution in [0.3, 0.4) is 0 Å². The van der Waals surface area contributed by atoms with Crippen LogP contribution in [0.4, 0.5) is 17.5 Å². The molecule has 8 N–H and O–H groups in total. The molecular formula is C30H66N8O14P2S. The van der Waals surface area contributed by atoms with E-state index < -0.39 is 62.2 Å². The molecule has 0 saturated carbocycles. The Balaban J connectivity index is 0.00000113. The number of phosphoric acid groups is 2. The molecule has 1 unspecified atom stereocenters. The molecule has 3 rings (SSSR count). The van der Waals surface area contributed by atoms with Crippen LogP contribution in [0.15, 0.2) is 4.79 Å². The van der Waals surface area contributed by atoms with Crippen molar-refractivity contribution in [1.29, 1.82) is 0 Å². The molecule has 326 valence electrons. The zero-order chi connectivity index (χ0) is 42.9. The number of hydrogen-bond acceptors (Lipinski definition) is 18. The molecule has 0 spiro atoms. The van der Waals surface area contributed by atoms with Crippen LogP contribution in [0.5, 0.6) is 0 Å². The number of nitrogens with one attached hydrogen (secondary N) is 1. The molecule has 1 fully saturated rings. The van der Waals surface area contributed by atoms with E-state index in [1.54, 1.807) is 0 Å². The second kappa shape index (κ2) is 24.2. The highest BCUT2D eigenvalue weighted by atomic mass is 32.2. The van der Waals surface area contributed by atoms with Crippen LogP contribution in [0, 0.1) is 0 Å². The van der Waals surface area contributed by atoms with Crippen LogP contribution >= 0.6 is 15.6 Å². The van der Waals surface area contributed by atoms with Gasteiger partial charge >= 0.3 is 15.6 Å². The smallest absolute Gasteiger partial charge is 0.383 e. The third kappa shape index (κ3) is 17.7. The van der Waals surface area contributed by atoms with Gasteiger partial charge in [-0.15, -0.1) is 0 Å². The van der Waals surface area contributed by atoms with Crippen molar-refractivity contribution in [2.24, 2.45) is 0 Å². The Morgan fingerprint density at radius 2 is 1.33 bits per heavy atom. The van der Waals surface area contributed by atoms with Crippen molar-refractivity contribution < 1.29 is 60.2 Å². The Morgan fingerprint density at radius 3 is 1.67 bits per heavy atom. The lowest BCUT2D eigenvalue weighted by molar-refractivity contribution is -0.212. The second-order valence-electron chi connectivity index (χ2n) is 12.1. The minimum Gasteiger partial charge on any atom is -0.383 e. The number of aliphatic hydroxyl groups excluding tert-OH is 1. The Kier molecular flexibility index (Phi) is 23.4. The highest BCUT2D eigenvalue weighted by Gasteiger charge is 2.62. The molecule has 0 radical (unpaired) electrons. The van der Waals surface area contributed by atoms with E-state index in [0.29, 0.717) is 6.26 Å². The minimum absolute atomic E-state index is 0.00725. The molecule has 1 aromatic heterocycles. The van der Waals surface area contributed by atoms with Crippen molar-refractivity contribution in [2.75, 3.05) is 101 Å². The van der Waals surface area contributed by atoms with Crippen LogP contribution in [0.25, 0.3) is 0 Å². The van der Waals surface area contributed by atoms with Gasteiger partial charge in [0.2, 0.25) is 11.7 Å². The summed E-state index contributed by atoms with van der Waals surface area (Å²) in [5.41, 5.74) is 4.90. The fourth-order valence-corrected chi connectivity index (χ4v) is 7.68. The zero-order valence-corrected chi connectivity index (χ0v) is 36.6. The van der Waals surface area contributed by atoms with Gasteiger partial charge in [0.05, 0.1) is 19.5 Å². The summed E-state index contributed by atoms with van der Waals surface area (Å²) in [6, 6.07) is 0. The summed E-state index contributed by atoms with van der Waals surface area (Å²) in [7, 11) is -14.0. The molecule has 0 amide bonds. The average Bonchev–Trinajstić information content (AvgIpc) is 3.53. The molecule has 2 aliphatic rings. The molecule has 0 aliphatic carbocycles. The summed E-state index contributed by atoms with van der Waals surface area (Å²) in [6.45, 7) is 28.9. The SMILES string of the molecule is CCN(CC)CC.CCN(CC)CC.CCN(CC)CC.CN1CN([C@@H]2O[C@H](COP(=O)(O)OP(=O)(O)O)[C@](O)(OS(C)(=O)=O)[C@H]2O)c2nc(N)[nH]c(=O)c21. The topological polar surface area (TPSA) is 294 Å². The number of ether oxygens (including phenoxy) is 1. The highest BCUT2D eigenvalue weighted by Crippen LogP contribution is 2.58. The van der Waals surface area contributed by atoms with Crippen molar-refractivity contribution in [3.8, 4) is 0 Å². The lowest BCUT2D eigenvalue weighted by atomic mass is 10.1. The first-order valence-corrected chi connectivity index (χ1v) is 23.0. The van der Waals surface area contributed by atoms with Crippen molar-refractivity contribution in [3.63, 3.8) is 0 Å². The third-order valence-corrected chi connectivity index (χ3v) is 11.3. The number of hydrogen-bond donors (Lipinski definition) is 7. The normalized spacial score (nSPS) is 22.1. The van der Waals surface area contributed by atoms with Gasteiger partial charge in [0, 0.05) is 7.05 Å². The maximum atomic E-state index is 12.2. The lowest BCUT2D eigenvalue weighted by Crippen LogP contribution is -2.55. The van der Waals surface area contributed by atoms with Crippen LogP contribution in [-0.2, 0) is 37.0 Å². The number of nitrogen functional groups attached to an aromatic ring is 1. The van der Waals surface area contributed by atoms with Crippen molar-refractivity contribution in [1.82, 2.24) is 24.7 Å². The van der Waals surface area contributed by atoms with Gasteiger partial charge in [0.1, 0.15) is 11.8 Å². The Hall–Kier alpha value is -1.79. The molecule has 1 aromatic rings. The van der Waals surface area contributed by atoms with E-state index in [-0.39, 0.29) is 24.1 Å². The first-order valence-electron chi connectivity index (χ1n) is 18.1. The maximum Gasteiger partial charge on any atom is 0.481 e. The molecule has 0 bridgehead atoms. The standard InChI is InChI=1S/C12H21N5O14P2S.3C6H15N/c1-16-4-17(8-6(16)9(19)15-11(13)14-8)10-7(18)12(20,30-34(2,26)27)5(29-10)3-28-33(24,25)31-32(21,22)23;3*1-4-7(5-2)6-3/h5,7,10,18,20H,3-4H2,1-2H3,(H,24,25)(H2,21,22,23)(H3,13,14,15,19);3*4-6H2,1-3H3/t5-,7+,10-,12+;;;/m1.../s1. The number of rotatable bonds is 17. The van der Waals surface area contributed by atoms with Crippen molar-refractivity contribution >= 4 is 43.2 Å². The largest absolute Gasteiger partial charge is 0.481 e. The molecule has 25 heteroatoms. The lowest BCUT2D eigenvalue weighted by Gasteiger charge is -2.30. The van der Waals surface area contributed by atoms with E-state index in [9.17, 15) is 37.4 Å². The summed E-state index contributed by atoms with van der Waals surface area (Å²) in [4.78, 5) is 54.9. The van der Waals surface area contributed by atoms with Gasteiger partial charge in [-0.1, -0.05) is 62.3 Å². The summed E-state index contributed by atoms with van der Waals surface area (Å²) in [5.74, 6) is -3.56. The maximum absolute atomic E-state index is 12.2. The van der Waals surface area contributed by atoms with Gasteiger partial charge in [-0.2, -0.15) is 17.7 Å². The fraction of sp³-hybridized carbons (Fsp3) is 0.867. The van der Waals surface area contributed by atoms with Crippen molar-refractivity contribution in [2.45, 2.75) is 86.5 Å². The van der Waals surface area contributed by atoms with Gasteiger partial charge in [0.25, 0.3) is 15.7 Å². The number of phosphoric ester groups is 1. The van der Waals surface area contributed by atoms with Crippen LogP contribution in [0.1, 0.15) is 62.3 Å². The first kappa shape index (κ1) is 53.2. The molecule has 2 aliphatic heterocycles. The summed E-state index contributed by atoms with van der Waals surface area (Å²) in [6.07, 6.45) is -5.43. The third-order valence-electron chi connectivity index (χ3n) is 8.59. The van der Waals surface area contributed by atoms with E-state index in [1.807, 2.05) is 0 Å². The van der Waals surface area contributed by atoms with E-state index >= 15 is 0 Å². The van der Waals surface area contributed by atoms with E-state index in [0.717, 1.165) is 4.90 Å². The molecule has 55 heavy (non-hydrogen) atoms. The predicted octanol–water partition coefficient (Wildman–Crippen LogP) is 0.587. The number of aliphatic hydroxyl groups is 2.